The van der Waals surface area contributed by atoms with Gasteiger partial charge in [-0.3, -0.25) is 19.7 Å². The standard InChI is InChI=1S/C24H23N3O4S/c1-15-7-4-12-22(16(15)2)26-23(28)17(3)32-21-11-6-9-19(14-21)25-24(29)18-8-5-10-20(13-18)27(30)31/h4-14,17H,1-3H3,(H,25,29)(H,26,28). The Morgan fingerprint density at radius 3 is 2.44 bits per heavy atom. The number of hydrogen-bond donors (Lipinski definition) is 2. The number of nitro groups is 1. The van der Waals surface area contributed by atoms with E-state index >= 15 is 0 Å². The second-order valence-electron chi connectivity index (χ2n) is 7.29. The van der Waals surface area contributed by atoms with Crippen molar-refractivity contribution in [2.45, 2.75) is 30.9 Å². The Balaban J connectivity index is 1.66. The van der Waals surface area contributed by atoms with Crippen LogP contribution in [-0.2, 0) is 4.79 Å². The highest BCUT2D eigenvalue weighted by Gasteiger charge is 2.17. The second-order valence-corrected chi connectivity index (χ2v) is 8.70. The van der Waals surface area contributed by atoms with Crippen LogP contribution >= 0.6 is 11.8 Å². The number of carbonyl (C=O) groups is 2. The number of amides is 2. The zero-order valence-corrected chi connectivity index (χ0v) is 18.7. The van der Waals surface area contributed by atoms with Crippen LogP contribution in [0.3, 0.4) is 0 Å². The molecule has 0 spiro atoms. The van der Waals surface area contributed by atoms with E-state index in [0.29, 0.717) is 5.69 Å². The first-order chi connectivity index (χ1) is 15.2. The summed E-state index contributed by atoms with van der Waals surface area (Å²) >= 11 is 1.37. The molecule has 0 aliphatic heterocycles. The number of nitrogens with one attached hydrogen (secondary N) is 2. The Labute approximate surface area is 190 Å². The number of benzene rings is 3. The topological polar surface area (TPSA) is 101 Å². The third-order valence-electron chi connectivity index (χ3n) is 4.96. The predicted octanol–water partition coefficient (Wildman–Crippen LogP) is 5.58. The zero-order chi connectivity index (χ0) is 23.3. The van der Waals surface area contributed by atoms with Crippen molar-refractivity contribution in [3.8, 4) is 0 Å². The summed E-state index contributed by atoms with van der Waals surface area (Å²) < 4.78 is 0. The van der Waals surface area contributed by atoms with Gasteiger partial charge in [0.15, 0.2) is 0 Å². The van der Waals surface area contributed by atoms with E-state index in [9.17, 15) is 19.7 Å². The normalized spacial score (nSPS) is 11.5. The van der Waals surface area contributed by atoms with E-state index in [1.165, 1.54) is 36.0 Å². The molecular weight excluding hydrogens is 426 g/mol. The predicted molar refractivity (Wildman–Crippen MR) is 127 cm³/mol. The van der Waals surface area contributed by atoms with Gasteiger partial charge < -0.3 is 10.6 Å². The summed E-state index contributed by atoms with van der Waals surface area (Å²) in [4.78, 5) is 36.3. The summed E-state index contributed by atoms with van der Waals surface area (Å²) in [6.45, 7) is 5.78. The summed E-state index contributed by atoms with van der Waals surface area (Å²) in [5, 5.41) is 16.3. The van der Waals surface area contributed by atoms with Gasteiger partial charge >= 0.3 is 0 Å². The minimum atomic E-state index is -0.543. The molecule has 8 heteroatoms. The highest BCUT2D eigenvalue weighted by atomic mass is 32.2. The Morgan fingerprint density at radius 1 is 0.969 bits per heavy atom. The third kappa shape index (κ3) is 5.73. The van der Waals surface area contributed by atoms with Crippen LogP contribution in [0.4, 0.5) is 17.1 Å². The summed E-state index contributed by atoms with van der Waals surface area (Å²) in [6.07, 6.45) is 0. The van der Waals surface area contributed by atoms with Crippen LogP contribution in [0.25, 0.3) is 0 Å². The number of thioether (sulfide) groups is 1. The summed E-state index contributed by atoms with van der Waals surface area (Å²) in [6, 6.07) is 18.4. The largest absolute Gasteiger partial charge is 0.325 e. The van der Waals surface area contributed by atoms with Crippen LogP contribution < -0.4 is 10.6 Å². The number of nitro benzene ring substituents is 1. The molecule has 0 saturated heterocycles. The molecule has 3 rings (SSSR count). The van der Waals surface area contributed by atoms with Gasteiger partial charge in [-0.05, 0) is 62.2 Å². The van der Waals surface area contributed by atoms with Crippen molar-refractivity contribution in [1.29, 1.82) is 0 Å². The maximum Gasteiger partial charge on any atom is 0.270 e. The van der Waals surface area contributed by atoms with Gasteiger partial charge in [0.05, 0.1) is 10.2 Å². The molecule has 1 unspecified atom stereocenters. The molecule has 32 heavy (non-hydrogen) atoms. The van der Waals surface area contributed by atoms with Crippen molar-refractivity contribution < 1.29 is 14.5 Å². The lowest BCUT2D eigenvalue weighted by molar-refractivity contribution is -0.384. The third-order valence-corrected chi connectivity index (χ3v) is 6.05. The van der Waals surface area contributed by atoms with Crippen molar-refractivity contribution in [2.75, 3.05) is 10.6 Å². The fourth-order valence-corrected chi connectivity index (χ4v) is 3.92. The first kappa shape index (κ1) is 23.0. The molecular formula is C24H23N3O4S. The average Bonchev–Trinajstić information content (AvgIpc) is 2.77. The van der Waals surface area contributed by atoms with Crippen molar-refractivity contribution in [3.63, 3.8) is 0 Å². The van der Waals surface area contributed by atoms with Crippen LogP contribution in [0, 0.1) is 24.0 Å². The van der Waals surface area contributed by atoms with Crippen LogP contribution in [-0.4, -0.2) is 22.0 Å². The lowest BCUT2D eigenvalue weighted by Gasteiger charge is -2.15. The van der Waals surface area contributed by atoms with Gasteiger partial charge in [-0.1, -0.05) is 24.3 Å². The Morgan fingerprint density at radius 2 is 1.69 bits per heavy atom. The van der Waals surface area contributed by atoms with Crippen molar-refractivity contribution in [1.82, 2.24) is 0 Å². The van der Waals surface area contributed by atoms with Crippen LogP contribution in [0.2, 0.25) is 0 Å². The highest BCUT2D eigenvalue weighted by molar-refractivity contribution is 8.00. The number of aryl methyl sites for hydroxylation is 1. The van der Waals surface area contributed by atoms with Gasteiger partial charge in [-0.15, -0.1) is 11.8 Å². The van der Waals surface area contributed by atoms with Crippen molar-refractivity contribution in [3.05, 3.63) is 93.5 Å². The van der Waals surface area contributed by atoms with Gasteiger partial charge in [-0.25, -0.2) is 0 Å². The molecule has 0 heterocycles. The lowest BCUT2D eigenvalue weighted by atomic mass is 10.1. The zero-order valence-electron chi connectivity index (χ0n) is 17.9. The fourth-order valence-electron chi connectivity index (χ4n) is 2.99. The molecule has 2 amide bonds. The highest BCUT2D eigenvalue weighted by Crippen LogP contribution is 2.28. The van der Waals surface area contributed by atoms with Gasteiger partial charge in [0, 0.05) is 34.0 Å². The number of hydrogen-bond acceptors (Lipinski definition) is 5. The van der Waals surface area contributed by atoms with Crippen LogP contribution in [0.5, 0.6) is 0 Å². The second kappa shape index (κ2) is 10.1. The first-order valence-electron chi connectivity index (χ1n) is 9.94. The molecule has 7 nitrogen and oxygen atoms in total. The number of carbonyl (C=O) groups excluding carboxylic acids is 2. The minimum absolute atomic E-state index is 0.116. The summed E-state index contributed by atoms with van der Waals surface area (Å²) in [5.41, 5.74) is 3.51. The van der Waals surface area contributed by atoms with E-state index < -0.39 is 10.8 Å². The lowest BCUT2D eigenvalue weighted by Crippen LogP contribution is -2.23. The maximum absolute atomic E-state index is 12.7. The molecule has 0 aliphatic carbocycles. The number of nitrogens with zero attached hydrogens (tertiary/aromatic N) is 1. The smallest absolute Gasteiger partial charge is 0.270 e. The monoisotopic (exact) mass is 449 g/mol. The van der Waals surface area contributed by atoms with E-state index in [1.54, 1.807) is 18.2 Å². The van der Waals surface area contributed by atoms with E-state index in [4.69, 9.17) is 0 Å². The molecule has 3 aromatic carbocycles. The van der Waals surface area contributed by atoms with Gasteiger partial charge in [0.25, 0.3) is 11.6 Å². The molecule has 0 radical (unpaired) electrons. The fraction of sp³-hybridized carbons (Fsp3) is 0.167. The molecule has 0 aromatic heterocycles. The molecule has 3 aromatic rings. The number of rotatable bonds is 7. The Hall–Kier alpha value is -3.65. The van der Waals surface area contributed by atoms with Crippen LogP contribution in [0.1, 0.15) is 28.4 Å². The Bertz CT molecular complexity index is 1180. The van der Waals surface area contributed by atoms with Crippen LogP contribution in [0.15, 0.2) is 71.6 Å². The van der Waals surface area contributed by atoms with Gasteiger partial charge in [0.1, 0.15) is 0 Å². The van der Waals surface area contributed by atoms with E-state index in [1.807, 2.05) is 45.0 Å². The van der Waals surface area contributed by atoms with E-state index in [2.05, 4.69) is 10.6 Å². The van der Waals surface area contributed by atoms with Crippen molar-refractivity contribution >= 4 is 40.6 Å². The minimum Gasteiger partial charge on any atom is -0.325 e. The first-order valence-corrected chi connectivity index (χ1v) is 10.8. The molecule has 2 N–H and O–H groups in total. The quantitative estimate of drug-likeness (QED) is 0.278. The number of anilines is 2. The molecule has 0 aliphatic rings. The van der Waals surface area contributed by atoms with Gasteiger partial charge in [0.2, 0.25) is 5.91 Å². The summed E-state index contributed by atoms with van der Waals surface area (Å²) in [7, 11) is 0. The maximum atomic E-state index is 12.7. The van der Waals surface area contributed by atoms with E-state index in [-0.39, 0.29) is 22.4 Å². The molecule has 1 atom stereocenters. The molecule has 0 bridgehead atoms. The van der Waals surface area contributed by atoms with Crippen molar-refractivity contribution in [2.24, 2.45) is 0 Å². The van der Waals surface area contributed by atoms with Gasteiger partial charge in [-0.2, -0.15) is 0 Å². The Kier molecular flexibility index (Phi) is 7.27. The molecule has 0 saturated carbocycles. The molecule has 164 valence electrons. The summed E-state index contributed by atoms with van der Waals surface area (Å²) in [5.74, 6) is -0.564. The van der Waals surface area contributed by atoms with E-state index in [0.717, 1.165) is 21.7 Å². The molecule has 0 fully saturated rings. The number of non-ortho nitro benzene ring substituents is 1. The SMILES string of the molecule is Cc1cccc(NC(=O)C(C)Sc2cccc(NC(=O)c3cccc([N+](=O)[O-])c3)c2)c1C. The average molecular weight is 450 g/mol.